The van der Waals surface area contributed by atoms with Gasteiger partial charge in [-0.3, -0.25) is 5.10 Å². The molecule has 6 nitrogen and oxygen atoms in total. The summed E-state index contributed by atoms with van der Waals surface area (Å²) in [5.74, 6) is 0. The standard InChI is InChI=1S/C14H16N4O2S/c1-14(2,3)21(19,20)12-9-18-7-6-15-13(18)8-10(12)11-4-5-16-17-11/h4-9H,1-3H3,(H,16,17). The SMILES string of the molecule is CC(C)(C)S(=O)(=O)c1cn2ccnc2cc1-c1cc[nH]n1. The van der Waals surface area contributed by atoms with Gasteiger partial charge in [0.2, 0.25) is 0 Å². The lowest BCUT2D eigenvalue weighted by atomic mass is 10.2. The summed E-state index contributed by atoms with van der Waals surface area (Å²) >= 11 is 0. The van der Waals surface area contributed by atoms with Crippen LogP contribution in [0.4, 0.5) is 0 Å². The lowest BCUT2D eigenvalue weighted by Crippen LogP contribution is -2.28. The third kappa shape index (κ3) is 2.13. The van der Waals surface area contributed by atoms with E-state index in [1.807, 2.05) is 0 Å². The molecule has 0 spiro atoms. The highest BCUT2D eigenvalue weighted by atomic mass is 32.2. The number of H-pyrrole nitrogens is 1. The van der Waals surface area contributed by atoms with E-state index in [1.54, 1.807) is 62.1 Å². The highest BCUT2D eigenvalue weighted by Crippen LogP contribution is 2.33. The van der Waals surface area contributed by atoms with Crippen molar-refractivity contribution in [3.05, 3.63) is 36.9 Å². The molecule has 0 saturated carbocycles. The predicted octanol–water partition coefficient (Wildman–Crippen LogP) is 2.30. The zero-order valence-electron chi connectivity index (χ0n) is 12.0. The van der Waals surface area contributed by atoms with Crippen LogP contribution < -0.4 is 0 Å². The molecule has 3 rings (SSSR count). The Morgan fingerprint density at radius 2 is 2.05 bits per heavy atom. The summed E-state index contributed by atoms with van der Waals surface area (Å²) in [4.78, 5) is 4.46. The van der Waals surface area contributed by atoms with Gasteiger partial charge in [0.15, 0.2) is 9.84 Å². The van der Waals surface area contributed by atoms with Crippen molar-refractivity contribution in [1.29, 1.82) is 0 Å². The van der Waals surface area contributed by atoms with Crippen molar-refractivity contribution in [2.75, 3.05) is 0 Å². The number of rotatable bonds is 2. The fourth-order valence-corrected chi connectivity index (χ4v) is 3.46. The monoisotopic (exact) mass is 304 g/mol. The van der Waals surface area contributed by atoms with Crippen LogP contribution in [0.15, 0.2) is 41.8 Å². The molecule has 0 aliphatic rings. The molecule has 3 aromatic rings. The average Bonchev–Trinajstić information content (AvgIpc) is 3.06. The summed E-state index contributed by atoms with van der Waals surface area (Å²) in [5.41, 5.74) is 1.83. The van der Waals surface area contributed by atoms with E-state index in [0.717, 1.165) is 0 Å². The highest BCUT2D eigenvalue weighted by molar-refractivity contribution is 7.92. The van der Waals surface area contributed by atoms with Crippen LogP contribution >= 0.6 is 0 Å². The van der Waals surface area contributed by atoms with Crippen LogP contribution in [0, 0.1) is 0 Å². The Morgan fingerprint density at radius 1 is 1.29 bits per heavy atom. The fraction of sp³-hybridized carbons (Fsp3) is 0.286. The van der Waals surface area contributed by atoms with Crippen LogP contribution in [0.1, 0.15) is 20.8 Å². The molecule has 0 fully saturated rings. The van der Waals surface area contributed by atoms with Gasteiger partial charge in [-0.15, -0.1) is 0 Å². The number of nitrogens with one attached hydrogen (secondary N) is 1. The lowest BCUT2D eigenvalue weighted by Gasteiger charge is -2.21. The summed E-state index contributed by atoms with van der Waals surface area (Å²) in [5, 5.41) is 6.82. The largest absolute Gasteiger partial charge is 0.306 e. The first-order valence-corrected chi connectivity index (χ1v) is 8.00. The van der Waals surface area contributed by atoms with Gasteiger partial charge in [-0.2, -0.15) is 5.10 Å². The number of aromatic amines is 1. The van der Waals surface area contributed by atoms with Crippen LogP contribution in [-0.4, -0.2) is 32.7 Å². The average molecular weight is 304 g/mol. The number of aromatic nitrogens is 4. The smallest absolute Gasteiger partial charge is 0.185 e. The van der Waals surface area contributed by atoms with E-state index in [0.29, 0.717) is 16.9 Å². The molecule has 1 N–H and O–H groups in total. The molecule has 0 atom stereocenters. The summed E-state index contributed by atoms with van der Waals surface area (Å²) < 4.78 is 26.5. The fourth-order valence-electron chi connectivity index (χ4n) is 2.10. The van der Waals surface area contributed by atoms with Crippen molar-refractivity contribution >= 4 is 15.5 Å². The van der Waals surface area contributed by atoms with E-state index in [-0.39, 0.29) is 4.90 Å². The Hall–Kier alpha value is -2.15. The molecule has 0 aromatic carbocycles. The van der Waals surface area contributed by atoms with Gasteiger partial charge >= 0.3 is 0 Å². The van der Waals surface area contributed by atoms with E-state index in [4.69, 9.17) is 0 Å². The normalized spacial score (nSPS) is 12.9. The molecular weight excluding hydrogens is 288 g/mol. The van der Waals surface area contributed by atoms with Gasteiger partial charge < -0.3 is 4.40 Å². The minimum atomic E-state index is -3.50. The Morgan fingerprint density at radius 3 is 2.67 bits per heavy atom. The van der Waals surface area contributed by atoms with E-state index in [1.165, 1.54) is 0 Å². The van der Waals surface area contributed by atoms with Crippen molar-refractivity contribution in [3.8, 4) is 11.3 Å². The van der Waals surface area contributed by atoms with Gasteiger partial charge in [-0.25, -0.2) is 13.4 Å². The summed E-state index contributed by atoms with van der Waals surface area (Å²) in [7, 11) is -3.50. The first kappa shape index (κ1) is 13.8. The number of pyridine rings is 1. The van der Waals surface area contributed by atoms with Crippen molar-refractivity contribution in [2.45, 2.75) is 30.4 Å². The van der Waals surface area contributed by atoms with Crippen LogP contribution in [0.25, 0.3) is 16.9 Å². The molecule has 0 saturated heterocycles. The van der Waals surface area contributed by atoms with Crippen molar-refractivity contribution in [2.24, 2.45) is 0 Å². The second kappa shape index (κ2) is 4.42. The van der Waals surface area contributed by atoms with E-state index < -0.39 is 14.6 Å². The van der Waals surface area contributed by atoms with E-state index in [9.17, 15) is 8.42 Å². The first-order valence-electron chi connectivity index (χ1n) is 6.52. The second-order valence-electron chi connectivity index (χ2n) is 5.82. The number of fused-ring (bicyclic) bond motifs is 1. The number of nitrogens with zero attached hydrogens (tertiary/aromatic N) is 3. The third-order valence-electron chi connectivity index (χ3n) is 3.37. The molecule has 3 heterocycles. The molecule has 0 aliphatic heterocycles. The van der Waals surface area contributed by atoms with Gasteiger partial charge in [0.1, 0.15) is 5.65 Å². The maximum Gasteiger partial charge on any atom is 0.185 e. The first-order chi connectivity index (χ1) is 9.80. The predicted molar refractivity (Wildman–Crippen MR) is 79.7 cm³/mol. The topological polar surface area (TPSA) is 80.1 Å². The Balaban J connectivity index is 2.38. The van der Waals surface area contributed by atoms with Gasteiger partial charge in [0.05, 0.1) is 15.3 Å². The number of imidazole rings is 1. The van der Waals surface area contributed by atoms with Gasteiger partial charge in [-0.1, -0.05) is 0 Å². The highest BCUT2D eigenvalue weighted by Gasteiger charge is 2.34. The van der Waals surface area contributed by atoms with Gasteiger partial charge in [0, 0.05) is 30.4 Å². The quantitative estimate of drug-likeness (QED) is 0.787. The van der Waals surface area contributed by atoms with Crippen LogP contribution in [0.5, 0.6) is 0 Å². The molecule has 3 aromatic heterocycles. The Labute approximate surface area is 122 Å². The molecule has 110 valence electrons. The molecular formula is C14H16N4O2S. The molecule has 7 heteroatoms. The zero-order chi connectivity index (χ0) is 15.3. The van der Waals surface area contributed by atoms with Crippen LogP contribution in [-0.2, 0) is 9.84 Å². The summed E-state index contributed by atoms with van der Waals surface area (Å²) in [6, 6.07) is 3.49. The maximum atomic E-state index is 12.9. The van der Waals surface area contributed by atoms with Gasteiger partial charge in [0.25, 0.3) is 0 Å². The number of sulfone groups is 1. The van der Waals surface area contributed by atoms with Crippen LogP contribution in [0.2, 0.25) is 0 Å². The van der Waals surface area contributed by atoms with Crippen LogP contribution in [0.3, 0.4) is 0 Å². The molecule has 0 unspecified atom stereocenters. The Bertz CT molecular complexity index is 887. The molecule has 0 aliphatic carbocycles. The molecule has 0 bridgehead atoms. The molecule has 0 radical (unpaired) electrons. The second-order valence-corrected chi connectivity index (χ2v) is 8.49. The molecule has 21 heavy (non-hydrogen) atoms. The molecule has 0 amide bonds. The minimum absolute atomic E-state index is 0.257. The minimum Gasteiger partial charge on any atom is -0.306 e. The number of hydrogen-bond acceptors (Lipinski definition) is 4. The van der Waals surface area contributed by atoms with E-state index in [2.05, 4.69) is 15.2 Å². The summed E-state index contributed by atoms with van der Waals surface area (Å²) in [6.07, 6.45) is 6.63. The van der Waals surface area contributed by atoms with E-state index >= 15 is 0 Å². The van der Waals surface area contributed by atoms with Gasteiger partial charge in [-0.05, 0) is 32.9 Å². The number of hydrogen-bond donors (Lipinski definition) is 1. The van der Waals surface area contributed by atoms with Crippen molar-refractivity contribution in [3.63, 3.8) is 0 Å². The lowest BCUT2D eigenvalue weighted by molar-refractivity contribution is 0.560. The third-order valence-corrected chi connectivity index (χ3v) is 5.88. The maximum absolute atomic E-state index is 12.9. The van der Waals surface area contributed by atoms with Crippen molar-refractivity contribution in [1.82, 2.24) is 19.6 Å². The zero-order valence-corrected chi connectivity index (χ0v) is 12.8. The summed E-state index contributed by atoms with van der Waals surface area (Å²) in [6.45, 7) is 5.07. The van der Waals surface area contributed by atoms with Crippen molar-refractivity contribution < 1.29 is 8.42 Å². The Kier molecular flexibility index (Phi) is 2.91.